The van der Waals surface area contributed by atoms with Crippen molar-refractivity contribution in [3.8, 4) is 0 Å². The van der Waals surface area contributed by atoms with Crippen LogP contribution < -0.4 is 0 Å². The lowest BCUT2D eigenvalue weighted by molar-refractivity contribution is -0.527. The molecule has 86 valence electrons. The van der Waals surface area contributed by atoms with Gasteiger partial charge < -0.3 is 0 Å². The summed E-state index contributed by atoms with van der Waals surface area (Å²) in [6.07, 6.45) is 1.53. The molecule has 8 heteroatoms. The molecule has 0 aromatic carbocycles. The van der Waals surface area contributed by atoms with Crippen LogP contribution in [0.25, 0.3) is 0 Å². The number of nitrogens with zero attached hydrogens (tertiary/aromatic N) is 2. The maximum absolute atomic E-state index is 8.36. The van der Waals surface area contributed by atoms with E-state index in [1.54, 1.807) is 0 Å². The van der Waals surface area contributed by atoms with Crippen molar-refractivity contribution < 1.29 is 30.5 Å². The second-order valence-corrected chi connectivity index (χ2v) is 2.67. The molecule has 1 unspecified atom stereocenters. The van der Waals surface area contributed by atoms with E-state index in [1.165, 1.54) is 0 Å². The molecule has 0 aromatic rings. The molecule has 0 amide bonds. The van der Waals surface area contributed by atoms with Gasteiger partial charge in [-0.25, -0.2) is 9.68 Å². The van der Waals surface area contributed by atoms with Crippen LogP contribution in [0.15, 0.2) is 0 Å². The zero-order valence-corrected chi connectivity index (χ0v) is 7.91. The van der Waals surface area contributed by atoms with Crippen molar-refractivity contribution in [3.63, 3.8) is 0 Å². The van der Waals surface area contributed by atoms with E-state index >= 15 is 0 Å². The van der Waals surface area contributed by atoms with E-state index in [9.17, 15) is 0 Å². The van der Waals surface area contributed by atoms with Gasteiger partial charge in [0.15, 0.2) is 0 Å². The third-order valence-corrected chi connectivity index (χ3v) is 1.50. The molecule has 0 aliphatic carbocycles. The van der Waals surface area contributed by atoms with Crippen LogP contribution in [0.3, 0.4) is 0 Å². The van der Waals surface area contributed by atoms with Crippen molar-refractivity contribution in [1.82, 2.24) is 10.8 Å². The van der Waals surface area contributed by atoms with Crippen molar-refractivity contribution in [2.45, 2.75) is 32.3 Å². The Kier molecular flexibility index (Phi) is 7.84. The molecule has 0 aliphatic rings. The molecule has 0 saturated carbocycles. The van der Waals surface area contributed by atoms with E-state index in [4.69, 9.17) is 20.8 Å². The fourth-order valence-corrected chi connectivity index (χ4v) is 0.881. The fourth-order valence-electron chi connectivity index (χ4n) is 0.881. The summed E-state index contributed by atoms with van der Waals surface area (Å²) in [6, 6.07) is 0. The van der Waals surface area contributed by atoms with E-state index in [2.05, 4.69) is 9.68 Å². The first-order valence-electron chi connectivity index (χ1n) is 4.21. The Hall–Kier alpha value is -0.320. The van der Waals surface area contributed by atoms with E-state index in [0.29, 0.717) is 6.42 Å². The molecule has 4 N–H and O–H groups in total. The van der Waals surface area contributed by atoms with Crippen LogP contribution in [-0.4, -0.2) is 44.3 Å². The Bertz CT molecular complexity index is 133. The van der Waals surface area contributed by atoms with Gasteiger partial charge in [0.2, 0.25) is 0 Å². The average Bonchev–Trinajstić information content (AvgIpc) is 2.09. The van der Waals surface area contributed by atoms with Crippen molar-refractivity contribution in [1.29, 1.82) is 0 Å². The van der Waals surface area contributed by atoms with Crippen LogP contribution in [0.4, 0.5) is 0 Å². The number of hydrogen-bond acceptors (Lipinski definition) is 8. The number of unbranched alkanes of at least 4 members (excludes halogenated alkanes) is 1. The Morgan fingerprint density at radius 1 is 1.14 bits per heavy atom. The van der Waals surface area contributed by atoms with Gasteiger partial charge in [0.05, 0.1) is 10.8 Å². The predicted octanol–water partition coefficient (Wildman–Crippen LogP) is 0.569. The van der Waals surface area contributed by atoms with Crippen molar-refractivity contribution in [3.05, 3.63) is 0 Å². The Morgan fingerprint density at radius 2 is 1.79 bits per heavy atom. The normalized spacial score (nSPS) is 13.9. The van der Waals surface area contributed by atoms with Crippen molar-refractivity contribution in [2.24, 2.45) is 0 Å². The Labute approximate surface area is 81.2 Å². The van der Waals surface area contributed by atoms with Crippen molar-refractivity contribution >= 4 is 0 Å². The largest absolute Gasteiger partial charge is 0.266 e. The topological polar surface area (TPSA) is 106 Å². The molecule has 0 heterocycles. The highest BCUT2D eigenvalue weighted by Crippen LogP contribution is 2.06. The highest BCUT2D eigenvalue weighted by molar-refractivity contribution is 4.53. The summed E-state index contributed by atoms with van der Waals surface area (Å²) < 4.78 is 0. The minimum absolute atomic E-state index is 0.204. The lowest BCUT2D eigenvalue weighted by atomic mass is 10.2. The second-order valence-electron chi connectivity index (χ2n) is 2.67. The molecule has 1 atom stereocenters. The third kappa shape index (κ3) is 8.29. The maximum Gasteiger partial charge on any atom is 0.110 e. The highest BCUT2D eigenvalue weighted by atomic mass is 17.1. The summed E-state index contributed by atoms with van der Waals surface area (Å²) >= 11 is 0. The van der Waals surface area contributed by atoms with E-state index < -0.39 is 16.9 Å². The smallest absolute Gasteiger partial charge is 0.110 e. The SMILES string of the molecule is CCCCC(CON(O)O)ON(O)O. The van der Waals surface area contributed by atoms with Crippen LogP contribution in [0.2, 0.25) is 0 Å². The quantitative estimate of drug-likeness (QED) is 0.433. The standard InChI is InChI=1S/C6H16N2O6/c1-2-3-4-6(14-8(11)12)5-13-7(9)10/h6,9-12H,2-5H2,1H3. The van der Waals surface area contributed by atoms with E-state index in [1.807, 2.05) is 6.92 Å². The molecule has 0 aromatic heterocycles. The van der Waals surface area contributed by atoms with Crippen molar-refractivity contribution in [2.75, 3.05) is 6.61 Å². The first-order valence-corrected chi connectivity index (χ1v) is 4.21. The first-order chi connectivity index (χ1) is 6.56. The van der Waals surface area contributed by atoms with Crippen LogP contribution in [0.5, 0.6) is 0 Å². The molecule has 0 radical (unpaired) electrons. The van der Waals surface area contributed by atoms with E-state index in [0.717, 1.165) is 12.8 Å². The molecule has 14 heavy (non-hydrogen) atoms. The monoisotopic (exact) mass is 212 g/mol. The van der Waals surface area contributed by atoms with Gasteiger partial charge in [0.25, 0.3) is 0 Å². The molecule has 0 saturated heterocycles. The molecule has 0 aliphatic heterocycles. The molecule has 8 nitrogen and oxygen atoms in total. The molecule has 0 spiro atoms. The number of rotatable bonds is 8. The fraction of sp³-hybridized carbons (Fsp3) is 1.00. The maximum atomic E-state index is 8.36. The summed E-state index contributed by atoms with van der Waals surface area (Å²) in [4.78, 5) is 8.75. The average molecular weight is 212 g/mol. The molecule has 0 fully saturated rings. The summed E-state index contributed by atoms with van der Waals surface area (Å²) in [7, 11) is 0. The third-order valence-electron chi connectivity index (χ3n) is 1.50. The molecule has 0 bridgehead atoms. The summed E-state index contributed by atoms with van der Waals surface area (Å²) in [6.45, 7) is 1.75. The van der Waals surface area contributed by atoms with E-state index in [-0.39, 0.29) is 6.61 Å². The zero-order chi connectivity index (χ0) is 11.0. The highest BCUT2D eigenvalue weighted by Gasteiger charge is 2.14. The van der Waals surface area contributed by atoms with Crippen LogP contribution in [0.1, 0.15) is 26.2 Å². The second kappa shape index (κ2) is 8.03. The summed E-state index contributed by atoms with van der Waals surface area (Å²) in [5.74, 6) is 0. The summed E-state index contributed by atoms with van der Waals surface area (Å²) in [5, 5.41) is 32.3. The molecular weight excluding hydrogens is 196 g/mol. The van der Waals surface area contributed by atoms with Gasteiger partial charge in [-0.15, -0.1) is 0 Å². The zero-order valence-electron chi connectivity index (χ0n) is 7.91. The van der Waals surface area contributed by atoms with Crippen LogP contribution >= 0.6 is 0 Å². The van der Waals surface area contributed by atoms with Gasteiger partial charge in [-0.05, 0) is 6.42 Å². The molecule has 0 rings (SSSR count). The van der Waals surface area contributed by atoms with Crippen LogP contribution in [-0.2, 0) is 9.68 Å². The minimum Gasteiger partial charge on any atom is -0.266 e. The number of hydrogen-bond donors (Lipinski definition) is 4. The predicted molar refractivity (Wildman–Crippen MR) is 41.2 cm³/mol. The van der Waals surface area contributed by atoms with Gasteiger partial charge in [-0.2, -0.15) is 0 Å². The van der Waals surface area contributed by atoms with Gasteiger partial charge >= 0.3 is 0 Å². The Balaban J connectivity index is 3.72. The lowest BCUT2D eigenvalue weighted by Crippen LogP contribution is -2.30. The van der Waals surface area contributed by atoms with Gasteiger partial charge in [0.1, 0.15) is 12.7 Å². The molecular formula is C6H16N2O6. The van der Waals surface area contributed by atoms with Crippen LogP contribution in [0, 0.1) is 0 Å². The lowest BCUT2D eigenvalue weighted by Gasteiger charge is -2.18. The Morgan fingerprint density at radius 3 is 2.21 bits per heavy atom. The minimum atomic E-state index is -0.660. The van der Waals surface area contributed by atoms with Gasteiger partial charge in [-0.3, -0.25) is 20.8 Å². The summed E-state index contributed by atoms with van der Waals surface area (Å²) in [5.41, 5.74) is 0. The van der Waals surface area contributed by atoms with Gasteiger partial charge in [-0.1, -0.05) is 19.8 Å². The van der Waals surface area contributed by atoms with Gasteiger partial charge in [0, 0.05) is 0 Å². The first kappa shape index (κ1) is 13.7.